The summed E-state index contributed by atoms with van der Waals surface area (Å²) in [4.78, 5) is 12.8. The number of carbonyl (C=O) groups is 1. The summed E-state index contributed by atoms with van der Waals surface area (Å²) in [6.45, 7) is 3.99. The third-order valence-corrected chi connectivity index (χ3v) is 5.65. The summed E-state index contributed by atoms with van der Waals surface area (Å²) in [5, 5.41) is 0. The lowest BCUT2D eigenvalue weighted by Gasteiger charge is -2.15. The monoisotopic (exact) mass is 322 g/mol. The summed E-state index contributed by atoms with van der Waals surface area (Å²) in [6, 6.07) is 2.03. The van der Waals surface area contributed by atoms with Gasteiger partial charge in [-0.25, -0.2) is 0 Å². The van der Waals surface area contributed by atoms with Crippen LogP contribution in [0.15, 0.2) is 10.5 Å². The van der Waals surface area contributed by atoms with Crippen molar-refractivity contribution in [1.82, 2.24) is 0 Å². The molecule has 102 valence electrons. The molecule has 3 rings (SSSR count). The van der Waals surface area contributed by atoms with Crippen molar-refractivity contribution >= 4 is 21.7 Å². The molecule has 2 fully saturated rings. The molecule has 0 radical (unpaired) electrons. The van der Waals surface area contributed by atoms with Gasteiger partial charge in [0.05, 0.1) is 12.7 Å². The van der Waals surface area contributed by atoms with Crippen LogP contribution in [0.4, 0.5) is 0 Å². The number of Topliss-reactive ketones (excluding diaryl/α,β-unsaturated/α-hetero) is 1. The second-order valence-electron chi connectivity index (χ2n) is 5.86. The Morgan fingerprint density at radius 2 is 1.95 bits per heavy atom. The second-order valence-corrected chi connectivity index (χ2v) is 6.71. The first-order valence-corrected chi connectivity index (χ1v) is 7.73. The molecular weight excluding hydrogens is 304 g/mol. The molecule has 3 heteroatoms. The van der Waals surface area contributed by atoms with E-state index in [9.17, 15) is 4.79 Å². The van der Waals surface area contributed by atoms with Gasteiger partial charge in [-0.3, -0.25) is 4.79 Å². The number of aryl methyl sites for hydroxylation is 1. The number of ether oxygens (including phenoxy) is 1. The summed E-state index contributed by atoms with van der Waals surface area (Å²) in [5.74, 6) is 2.62. The van der Waals surface area contributed by atoms with E-state index in [2.05, 4.69) is 15.9 Å². The summed E-state index contributed by atoms with van der Waals surface area (Å²) < 4.78 is 6.49. The van der Waals surface area contributed by atoms with Crippen LogP contribution in [0.5, 0.6) is 5.75 Å². The molecule has 1 aromatic rings. The van der Waals surface area contributed by atoms with Gasteiger partial charge in [-0.15, -0.1) is 0 Å². The number of halogens is 1. The zero-order chi connectivity index (χ0) is 13.7. The van der Waals surface area contributed by atoms with Gasteiger partial charge in [0.25, 0.3) is 0 Å². The van der Waals surface area contributed by atoms with Crippen LogP contribution in [0.2, 0.25) is 0 Å². The molecule has 0 heterocycles. The van der Waals surface area contributed by atoms with Gasteiger partial charge in [-0.05, 0) is 55.7 Å². The van der Waals surface area contributed by atoms with Gasteiger partial charge in [0.15, 0.2) is 5.78 Å². The molecule has 0 bridgehead atoms. The number of ketones is 1. The third-order valence-electron chi connectivity index (χ3n) is 4.82. The molecule has 19 heavy (non-hydrogen) atoms. The molecule has 2 saturated carbocycles. The topological polar surface area (TPSA) is 26.3 Å². The average molecular weight is 323 g/mol. The number of rotatable bonds is 3. The quantitative estimate of drug-likeness (QED) is 0.775. The molecule has 1 aromatic carbocycles. The molecule has 0 spiro atoms. The van der Waals surface area contributed by atoms with Gasteiger partial charge in [-0.1, -0.05) is 22.4 Å². The van der Waals surface area contributed by atoms with Gasteiger partial charge in [0.2, 0.25) is 0 Å². The van der Waals surface area contributed by atoms with Crippen molar-refractivity contribution in [3.63, 3.8) is 0 Å². The zero-order valence-corrected chi connectivity index (χ0v) is 13.2. The van der Waals surface area contributed by atoms with Crippen LogP contribution in [0, 0.1) is 31.6 Å². The van der Waals surface area contributed by atoms with E-state index >= 15 is 0 Å². The fraction of sp³-hybridized carbons (Fsp3) is 0.562. The summed E-state index contributed by atoms with van der Waals surface area (Å²) in [5.41, 5.74) is 2.83. The Morgan fingerprint density at radius 1 is 1.32 bits per heavy atom. The largest absolute Gasteiger partial charge is 0.496 e. The Bertz CT molecular complexity index is 540. The Balaban J connectivity index is 2.02. The fourth-order valence-electron chi connectivity index (χ4n) is 3.79. The van der Waals surface area contributed by atoms with Crippen molar-refractivity contribution in [3.8, 4) is 5.75 Å². The normalized spacial score (nSPS) is 28.1. The van der Waals surface area contributed by atoms with Crippen molar-refractivity contribution in [1.29, 1.82) is 0 Å². The lowest BCUT2D eigenvalue weighted by Crippen LogP contribution is -2.11. The molecule has 0 N–H and O–H groups in total. The van der Waals surface area contributed by atoms with Crippen molar-refractivity contribution in [2.45, 2.75) is 33.1 Å². The highest BCUT2D eigenvalue weighted by molar-refractivity contribution is 9.10. The Hall–Kier alpha value is -0.830. The van der Waals surface area contributed by atoms with E-state index in [0.717, 1.165) is 26.9 Å². The van der Waals surface area contributed by atoms with Crippen LogP contribution < -0.4 is 4.74 Å². The van der Waals surface area contributed by atoms with Crippen LogP contribution in [-0.4, -0.2) is 12.9 Å². The van der Waals surface area contributed by atoms with Crippen LogP contribution in [0.3, 0.4) is 0 Å². The molecule has 0 aliphatic heterocycles. The maximum Gasteiger partial charge on any atom is 0.170 e. The van der Waals surface area contributed by atoms with Crippen LogP contribution in [-0.2, 0) is 0 Å². The predicted octanol–water partition coefficient (Wildman–Crippen LogP) is 4.30. The van der Waals surface area contributed by atoms with E-state index in [1.165, 1.54) is 19.3 Å². The molecule has 2 unspecified atom stereocenters. The number of methoxy groups -OCH3 is 1. The Morgan fingerprint density at radius 3 is 2.53 bits per heavy atom. The van der Waals surface area contributed by atoms with Crippen LogP contribution >= 0.6 is 15.9 Å². The van der Waals surface area contributed by atoms with Crippen LogP contribution in [0.1, 0.15) is 40.7 Å². The molecule has 2 atom stereocenters. The molecule has 0 amide bonds. The highest BCUT2D eigenvalue weighted by atomic mass is 79.9. The summed E-state index contributed by atoms with van der Waals surface area (Å²) >= 11 is 3.55. The van der Waals surface area contributed by atoms with Crippen molar-refractivity contribution < 1.29 is 9.53 Å². The predicted molar refractivity (Wildman–Crippen MR) is 78.8 cm³/mol. The SMILES string of the molecule is COc1c(C)cc(Br)c(C)c1C(=O)C1C2CCCC21. The second kappa shape index (κ2) is 4.62. The minimum absolute atomic E-state index is 0.259. The van der Waals surface area contributed by atoms with Gasteiger partial charge in [-0.2, -0.15) is 0 Å². The molecule has 2 aliphatic carbocycles. The Kier molecular flexibility index (Phi) is 3.20. The molecular formula is C16H19BrO2. The first kappa shape index (κ1) is 13.2. The highest BCUT2D eigenvalue weighted by Crippen LogP contribution is 2.59. The van der Waals surface area contributed by atoms with Crippen molar-refractivity contribution in [2.75, 3.05) is 7.11 Å². The van der Waals surface area contributed by atoms with Gasteiger partial charge < -0.3 is 4.74 Å². The lowest BCUT2D eigenvalue weighted by atomic mass is 9.95. The van der Waals surface area contributed by atoms with E-state index in [1.54, 1.807) is 7.11 Å². The number of carbonyl (C=O) groups excluding carboxylic acids is 1. The molecule has 2 nitrogen and oxygen atoms in total. The van der Waals surface area contributed by atoms with Crippen molar-refractivity contribution in [3.05, 3.63) is 27.2 Å². The highest BCUT2D eigenvalue weighted by Gasteiger charge is 2.56. The standard InChI is InChI=1S/C16H19BrO2/c1-8-7-12(17)9(2)13(16(8)19-3)15(18)14-10-5-4-6-11(10)14/h7,10-11,14H,4-6H2,1-3H3. The van der Waals surface area contributed by atoms with Gasteiger partial charge in [0.1, 0.15) is 5.75 Å². The summed E-state index contributed by atoms with van der Waals surface area (Å²) in [7, 11) is 1.65. The number of hydrogen-bond acceptors (Lipinski definition) is 2. The van der Waals surface area contributed by atoms with Gasteiger partial charge in [0, 0.05) is 10.4 Å². The maximum atomic E-state index is 12.8. The number of hydrogen-bond donors (Lipinski definition) is 0. The summed E-state index contributed by atoms with van der Waals surface area (Å²) in [6.07, 6.45) is 3.76. The van der Waals surface area contributed by atoms with E-state index in [0.29, 0.717) is 17.6 Å². The van der Waals surface area contributed by atoms with E-state index in [1.807, 2.05) is 19.9 Å². The average Bonchev–Trinajstić information content (AvgIpc) is 2.85. The van der Waals surface area contributed by atoms with E-state index in [-0.39, 0.29) is 5.92 Å². The molecule has 0 aromatic heterocycles. The third kappa shape index (κ3) is 1.94. The minimum atomic E-state index is 0.259. The first-order valence-electron chi connectivity index (χ1n) is 6.94. The lowest BCUT2D eigenvalue weighted by molar-refractivity contribution is 0.0947. The first-order chi connectivity index (χ1) is 9.06. The minimum Gasteiger partial charge on any atom is -0.496 e. The van der Waals surface area contributed by atoms with Gasteiger partial charge >= 0.3 is 0 Å². The zero-order valence-electron chi connectivity index (χ0n) is 11.6. The maximum absolute atomic E-state index is 12.8. The number of fused-ring (bicyclic) bond motifs is 1. The molecule has 0 saturated heterocycles. The smallest absolute Gasteiger partial charge is 0.170 e. The van der Waals surface area contributed by atoms with E-state index < -0.39 is 0 Å². The Labute approximate surface area is 122 Å². The number of benzene rings is 1. The van der Waals surface area contributed by atoms with Crippen LogP contribution in [0.25, 0.3) is 0 Å². The fourth-order valence-corrected chi connectivity index (χ4v) is 4.33. The van der Waals surface area contributed by atoms with Crippen molar-refractivity contribution in [2.24, 2.45) is 17.8 Å². The van der Waals surface area contributed by atoms with E-state index in [4.69, 9.17) is 4.74 Å². The molecule has 2 aliphatic rings.